The molecule has 3 heterocycles. The molecule has 0 aliphatic carbocycles. The molecule has 0 radical (unpaired) electrons. The minimum Gasteiger partial charge on any atom is -0.463 e. The number of benzene rings is 2. The second-order valence-electron chi connectivity index (χ2n) is 9.21. The molecule has 2 aromatic heterocycles. The van der Waals surface area contributed by atoms with Crippen molar-refractivity contribution in [2.45, 2.75) is 40.7 Å². The third kappa shape index (κ3) is 4.40. The Morgan fingerprint density at radius 3 is 2.43 bits per heavy atom. The summed E-state index contributed by atoms with van der Waals surface area (Å²) in [5, 5.41) is 0. The van der Waals surface area contributed by atoms with Crippen LogP contribution >= 0.6 is 11.3 Å². The molecule has 37 heavy (non-hydrogen) atoms. The lowest BCUT2D eigenvalue weighted by molar-refractivity contribution is -0.139. The predicted octanol–water partition coefficient (Wildman–Crippen LogP) is 4.51. The molecule has 0 bridgehead atoms. The zero-order valence-corrected chi connectivity index (χ0v) is 22.4. The van der Waals surface area contributed by atoms with Crippen LogP contribution in [0.4, 0.5) is 0 Å². The second-order valence-corrected chi connectivity index (χ2v) is 10.2. The van der Waals surface area contributed by atoms with E-state index in [0.29, 0.717) is 20.6 Å². The first kappa shape index (κ1) is 24.7. The quantitative estimate of drug-likeness (QED) is 0.370. The van der Waals surface area contributed by atoms with E-state index in [-0.39, 0.29) is 12.2 Å². The molecule has 188 valence electrons. The number of aromatic nitrogens is 2. The largest absolute Gasteiger partial charge is 0.463 e. The molecule has 0 saturated carbocycles. The van der Waals surface area contributed by atoms with Crippen LogP contribution in [0.15, 0.2) is 81.7 Å². The summed E-state index contributed by atoms with van der Waals surface area (Å²) >= 11 is 1.34. The SMILES string of the molecule is CCOC(=O)C1=C(C)N=c2s/c(=C/c3cc(C)n(-c4ccc(C)cc4)c3C)c(=O)n2[C@H]1c1ccccc1. The van der Waals surface area contributed by atoms with E-state index in [2.05, 4.69) is 60.7 Å². The average molecular weight is 512 g/mol. The van der Waals surface area contributed by atoms with Crippen molar-refractivity contribution >= 4 is 23.4 Å². The Morgan fingerprint density at radius 2 is 1.76 bits per heavy atom. The third-order valence-corrected chi connectivity index (χ3v) is 7.66. The van der Waals surface area contributed by atoms with Gasteiger partial charge < -0.3 is 9.30 Å². The number of hydrogen-bond donors (Lipinski definition) is 0. The summed E-state index contributed by atoms with van der Waals surface area (Å²) in [6.07, 6.45) is 1.93. The lowest BCUT2D eigenvalue weighted by Gasteiger charge is -2.24. The number of nitrogens with zero attached hydrogens (tertiary/aromatic N) is 3. The fourth-order valence-corrected chi connectivity index (χ4v) is 5.95. The fraction of sp³-hybridized carbons (Fsp3) is 0.233. The number of hydrogen-bond acceptors (Lipinski definition) is 5. The molecule has 0 saturated heterocycles. The van der Waals surface area contributed by atoms with Gasteiger partial charge in [0.1, 0.15) is 0 Å². The van der Waals surface area contributed by atoms with Gasteiger partial charge in [-0.1, -0.05) is 59.4 Å². The van der Waals surface area contributed by atoms with Gasteiger partial charge in [0.2, 0.25) is 0 Å². The van der Waals surface area contributed by atoms with Gasteiger partial charge in [-0.3, -0.25) is 9.36 Å². The number of rotatable bonds is 5. The normalized spacial score (nSPS) is 15.5. The molecular weight excluding hydrogens is 482 g/mol. The van der Waals surface area contributed by atoms with Crippen molar-refractivity contribution in [1.29, 1.82) is 0 Å². The fourth-order valence-electron chi connectivity index (χ4n) is 4.91. The first-order valence-corrected chi connectivity index (χ1v) is 13.1. The second kappa shape index (κ2) is 9.82. The summed E-state index contributed by atoms with van der Waals surface area (Å²) in [4.78, 5) is 32.1. The maximum Gasteiger partial charge on any atom is 0.338 e. The van der Waals surface area contributed by atoms with Gasteiger partial charge in [-0.05, 0) is 70.0 Å². The Morgan fingerprint density at radius 1 is 1.05 bits per heavy atom. The van der Waals surface area contributed by atoms with Crippen molar-refractivity contribution in [1.82, 2.24) is 9.13 Å². The van der Waals surface area contributed by atoms with Crippen molar-refractivity contribution in [3.8, 4) is 5.69 Å². The average Bonchev–Trinajstić information content (AvgIpc) is 3.33. The molecule has 5 rings (SSSR count). The predicted molar refractivity (Wildman–Crippen MR) is 147 cm³/mol. The molecule has 2 aromatic carbocycles. The number of esters is 1. The maximum absolute atomic E-state index is 13.8. The van der Waals surface area contributed by atoms with Gasteiger partial charge in [-0.25, -0.2) is 9.79 Å². The topological polar surface area (TPSA) is 65.6 Å². The number of carbonyl (C=O) groups excluding carboxylic acids is 1. The molecular formula is C30H29N3O3S. The third-order valence-electron chi connectivity index (χ3n) is 6.68. The molecule has 1 aliphatic heterocycles. The van der Waals surface area contributed by atoms with Crippen LogP contribution in [-0.4, -0.2) is 21.7 Å². The van der Waals surface area contributed by atoms with Gasteiger partial charge in [0.15, 0.2) is 4.80 Å². The zero-order chi connectivity index (χ0) is 26.3. The number of fused-ring (bicyclic) bond motifs is 1. The van der Waals surface area contributed by atoms with Gasteiger partial charge in [-0.15, -0.1) is 0 Å². The van der Waals surface area contributed by atoms with Crippen LogP contribution in [0.3, 0.4) is 0 Å². The lowest BCUT2D eigenvalue weighted by Crippen LogP contribution is -2.39. The Bertz CT molecular complexity index is 1700. The molecule has 6 nitrogen and oxygen atoms in total. The standard InChI is InChI=1S/C30H29N3O3S/c1-6-36-29(35)26-20(4)31-30-33(27(26)22-10-8-7-9-11-22)28(34)25(37-30)17-23-16-19(3)32(21(23)5)24-14-12-18(2)13-15-24/h7-17,27H,6H2,1-5H3/b25-17+/t27-/m0/s1. The summed E-state index contributed by atoms with van der Waals surface area (Å²) in [5.74, 6) is -0.450. The van der Waals surface area contributed by atoms with E-state index in [0.717, 1.165) is 28.2 Å². The molecule has 0 unspecified atom stereocenters. The van der Waals surface area contributed by atoms with Crippen molar-refractivity contribution in [3.63, 3.8) is 0 Å². The van der Waals surface area contributed by atoms with E-state index in [1.807, 2.05) is 36.4 Å². The van der Waals surface area contributed by atoms with Crippen LogP contribution in [0.2, 0.25) is 0 Å². The number of aryl methyl sites for hydroxylation is 2. The number of allylic oxidation sites excluding steroid dienone is 1. The summed E-state index contributed by atoms with van der Waals surface area (Å²) in [6.45, 7) is 10.0. The highest BCUT2D eigenvalue weighted by atomic mass is 32.1. The molecule has 4 aromatic rings. The minimum atomic E-state index is -0.598. The van der Waals surface area contributed by atoms with Crippen molar-refractivity contribution in [2.24, 2.45) is 4.99 Å². The summed E-state index contributed by atoms with van der Waals surface area (Å²) in [6, 6.07) is 19.5. The van der Waals surface area contributed by atoms with E-state index < -0.39 is 12.0 Å². The summed E-state index contributed by atoms with van der Waals surface area (Å²) in [7, 11) is 0. The van der Waals surface area contributed by atoms with Crippen LogP contribution in [0, 0.1) is 20.8 Å². The number of carbonyl (C=O) groups is 1. The molecule has 7 heteroatoms. The van der Waals surface area contributed by atoms with Gasteiger partial charge in [0, 0.05) is 17.1 Å². The number of thiazole rings is 1. The molecule has 1 aliphatic rings. The van der Waals surface area contributed by atoms with Crippen LogP contribution in [-0.2, 0) is 9.53 Å². The first-order chi connectivity index (χ1) is 17.8. The van der Waals surface area contributed by atoms with Crippen LogP contribution in [0.1, 0.15) is 48.0 Å². The van der Waals surface area contributed by atoms with Gasteiger partial charge in [0.25, 0.3) is 5.56 Å². The Balaban J connectivity index is 1.68. The Kier molecular flexibility index (Phi) is 6.56. The molecule has 0 fully saturated rings. The molecule has 0 amide bonds. The molecule has 0 N–H and O–H groups in total. The minimum absolute atomic E-state index is 0.174. The van der Waals surface area contributed by atoms with Gasteiger partial charge >= 0.3 is 5.97 Å². The Hall–Kier alpha value is -3.97. The van der Waals surface area contributed by atoms with E-state index >= 15 is 0 Å². The zero-order valence-electron chi connectivity index (χ0n) is 21.6. The van der Waals surface area contributed by atoms with Crippen LogP contribution in [0.25, 0.3) is 11.8 Å². The lowest BCUT2D eigenvalue weighted by atomic mass is 9.96. The van der Waals surface area contributed by atoms with E-state index in [4.69, 9.17) is 4.74 Å². The maximum atomic E-state index is 13.8. The van der Waals surface area contributed by atoms with E-state index in [1.165, 1.54) is 16.9 Å². The van der Waals surface area contributed by atoms with Crippen molar-refractivity contribution in [3.05, 3.63) is 120 Å². The van der Waals surface area contributed by atoms with Crippen LogP contribution in [0.5, 0.6) is 0 Å². The van der Waals surface area contributed by atoms with Crippen molar-refractivity contribution in [2.75, 3.05) is 6.61 Å². The van der Waals surface area contributed by atoms with Crippen LogP contribution < -0.4 is 14.9 Å². The van der Waals surface area contributed by atoms with Gasteiger partial charge in [0.05, 0.1) is 28.5 Å². The molecule has 1 atom stereocenters. The highest BCUT2D eigenvalue weighted by Gasteiger charge is 2.33. The molecule has 0 spiro atoms. The highest BCUT2D eigenvalue weighted by Crippen LogP contribution is 2.30. The number of ether oxygens (including phenoxy) is 1. The highest BCUT2D eigenvalue weighted by molar-refractivity contribution is 7.07. The van der Waals surface area contributed by atoms with Crippen molar-refractivity contribution < 1.29 is 9.53 Å². The Labute approximate surface area is 219 Å². The monoisotopic (exact) mass is 511 g/mol. The van der Waals surface area contributed by atoms with Gasteiger partial charge in [-0.2, -0.15) is 0 Å². The summed E-state index contributed by atoms with van der Waals surface area (Å²) < 4.78 is 9.76. The smallest absolute Gasteiger partial charge is 0.338 e. The van der Waals surface area contributed by atoms with E-state index in [1.54, 1.807) is 18.4 Å². The summed E-state index contributed by atoms with van der Waals surface area (Å²) in [5.41, 5.74) is 7.02. The van der Waals surface area contributed by atoms with E-state index in [9.17, 15) is 9.59 Å². The first-order valence-electron chi connectivity index (χ1n) is 12.3.